The molecule has 0 amide bonds. The Kier molecular flexibility index (Phi) is 7.69. The van der Waals surface area contributed by atoms with Crippen molar-refractivity contribution >= 4 is 39.0 Å². The molecule has 0 radical (unpaired) electrons. The summed E-state index contributed by atoms with van der Waals surface area (Å²) < 4.78 is 48.1. The van der Waals surface area contributed by atoms with Crippen LogP contribution < -0.4 is 17.0 Å². The number of hydrogen-bond donors (Lipinski definition) is 0. The van der Waals surface area contributed by atoms with Gasteiger partial charge in [0.15, 0.2) is 0 Å². The third-order valence-electron chi connectivity index (χ3n) is 0.990. The van der Waals surface area contributed by atoms with Crippen molar-refractivity contribution < 1.29 is 34.5 Å². The molecule has 0 bridgehead atoms. The van der Waals surface area contributed by atoms with Crippen molar-refractivity contribution in [3.8, 4) is 0 Å². The number of hydrogen-bond acceptors (Lipinski definition) is 0. The Balaban J connectivity index is 0. The molecule has 1 rings (SSSR count). The molecule has 0 heterocycles. The minimum atomic E-state index is -1.55. The molecule has 0 saturated heterocycles. The van der Waals surface area contributed by atoms with Gasteiger partial charge in [0.2, 0.25) is 0 Å². The molecule has 0 spiro atoms. The Bertz CT molecular complexity index is 279. The van der Waals surface area contributed by atoms with Crippen LogP contribution in [-0.2, 0) is 0 Å². The average molecular weight is 332 g/mol. The van der Waals surface area contributed by atoms with Crippen molar-refractivity contribution in [2.45, 2.75) is 0 Å². The number of halogens is 6. The Morgan fingerprint density at radius 2 is 1.23 bits per heavy atom. The molecule has 7 heteroatoms. The third-order valence-corrected chi connectivity index (χ3v) is 1.69. The van der Waals surface area contributed by atoms with E-state index in [9.17, 15) is 17.6 Å². The van der Waals surface area contributed by atoms with Gasteiger partial charge in [-0.05, 0) is 4.47 Å². The zero-order valence-corrected chi connectivity index (χ0v) is 10.6. The van der Waals surface area contributed by atoms with Gasteiger partial charge in [0.1, 0.15) is 0 Å². The molecule has 0 atom stereocenters. The van der Waals surface area contributed by atoms with Crippen molar-refractivity contribution in [2.24, 2.45) is 0 Å². The summed E-state index contributed by atoms with van der Waals surface area (Å²) in [6.07, 6.45) is 0. The summed E-state index contributed by atoms with van der Waals surface area (Å²) in [7, 11) is 0. The van der Waals surface area contributed by atoms with E-state index in [0.29, 0.717) is 0 Å². The molecule has 0 saturated carbocycles. The maximum absolute atomic E-state index is 12.3. The van der Waals surface area contributed by atoms with E-state index >= 15 is 0 Å². The van der Waals surface area contributed by atoms with Crippen LogP contribution in [0.4, 0.5) is 17.6 Å². The third kappa shape index (κ3) is 3.37. The van der Waals surface area contributed by atoms with E-state index in [1.165, 1.54) is 6.07 Å². The molecular weight excluding hydrogens is 332 g/mol. The molecule has 0 aliphatic rings. The predicted molar refractivity (Wildman–Crippen MR) is 38.6 cm³/mol. The number of rotatable bonds is 0. The predicted octanol–water partition coefficient (Wildman–Crippen LogP) is -0.571. The van der Waals surface area contributed by atoms with Gasteiger partial charge in [-0.15, -0.1) is 6.07 Å². The molecule has 0 aliphatic carbocycles. The summed E-state index contributed by atoms with van der Waals surface area (Å²) >= 11 is 2.33. The SMILES string of the molecule is Fc1[c-]c(F)c(F)c(Br)c1F.[Br-].[Mg+2]. The molecule has 0 aromatic heterocycles. The Morgan fingerprint density at radius 1 is 0.923 bits per heavy atom. The molecule has 0 unspecified atom stereocenters. The monoisotopic (exact) mass is 330 g/mol. The summed E-state index contributed by atoms with van der Waals surface area (Å²) in [5.74, 6) is -6.06. The molecular formula is C6Br2F4Mg. The van der Waals surface area contributed by atoms with Crippen LogP contribution in [0.5, 0.6) is 0 Å². The molecule has 0 aliphatic heterocycles. The van der Waals surface area contributed by atoms with Gasteiger partial charge in [0.05, 0.1) is 11.6 Å². The van der Waals surface area contributed by atoms with Gasteiger partial charge in [-0.25, -0.2) is 8.78 Å². The maximum atomic E-state index is 12.3. The summed E-state index contributed by atoms with van der Waals surface area (Å²) in [5.41, 5.74) is 0. The van der Waals surface area contributed by atoms with Crippen molar-refractivity contribution in [3.05, 3.63) is 33.8 Å². The first-order chi connectivity index (χ1) is 5.04. The van der Waals surface area contributed by atoms with Gasteiger partial charge in [0.25, 0.3) is 0 Å². The van der Waals surface area contributed by atoms with Crippen LogP contribution in [0.2, 0.25) is 0 Å². The van der Waals surface area contributed by atoms with Crippen LogP contribution in [0.15, 0.2) is 4.47 Å². The first kappa shape index (κ1) is 16.1. The van der Waals surface area contributed by atoms with Crippen LogP contribution >= 0.6 is 15.9 Å². The second-order valence-electron chi connectivity index (χ2n) is 1.69. The summed E-state index contributed by atoms with van der Waals surface area (Å²) in [6, 6.07) is 1.23. The van der Waals surface area contributed by atoms with Crippen LogP contribution in [0.1, 0.15) is 0 Å². The largest absolute Gasteiger partial charge is 2.00 e. The van der Waals surface area contributed by atoms with Crippen LogP contribution in [-0.4, -0.2) is 23.1 Å². The minimum Gasteiger partial charge on any atom is -1.00 e. The van der Waals surface area contributed by atoms with Crippen molar-refractivity contribution in [1.82, 2.24) is 0 Å². The van der Waals surface area contributed by atoms with Gasteiger partial charge in [-0.2, -0.15) is 0 Å². The van der Waals surface area contributed by atoms with E-state index in [2.05, 4.69) is 15.9 Å². The zero-order chi connectivity index (χ0) is 8.59. The fourth-order valence-corrected chi connectivity index (χ4v) is 0.843. The summed E-state index contributed by atoms with van der Waals surface area (Å²) in [5, 5.41) is 0. The van der Waals surface area contributed by atoms with Gasteiger partial charge < -0.3 is 17.0 Å². The van der Waals surface area contributed by atoms with Crippen molar-refractivity contribution in [1.29, 1.82) is 0 Å². The molecule has 1 aromatic rings. The van der Waals surface area contributed by atoms with Crippen LogP contribution in [0, 0.1) is 29.3 Å². The molecule has 13 heavy (non-hydrogen) atoms. The number of benzene rings is 1. The standard InChI is InChI=1S/C6BrF4.BrH.Mg/c7-4-5(10)2(8)1-3(9)6(4)11;;/h;1H;/q-1;;+2/p-1. The van der Waals surface area contributed by atoms with E-state index in [4.69, 9.17) is 0 Å². The minimum absolute atomic E-state index is 0. The smallest absolute Gasteiger partial charge is 1.00 e. The fraction of sp³-hybridized carbons (Fsp3) is 0. The van der Waals surface area contributed by atoms with Gasteiger partial charge in [0, 0.05) is 11.6 Å². The van der Waals surface area contributed by atoms with Crippen molar-refractivity contribution in [2.75, 3.05) is 0 Å². The van der Waals surface area contributed by atoms with Crippen LogP contribution in [0.25, 0.3) is 0 Å². The molecule has 68 valence electrons. The maximum Gasteiger partial charge on any atom is 2.00 e. The molecule has 0 fully saturated rings. The summed E-state index contributed by atoms with van der Waals surface area (Å²) in [4.78, 5) is 0. The Labute approximate surface area is 107 Å². The van der Waals surface area contributed by atoms with Crippen LogP contribution in [0.3, 0.4) is 0 Å². The van der Waals surface area contributed by atoms with E-state index in [-0.39, 0.29) is 40.0 Å². The van der Waals surface area contributed by atoms with E-state index < -0.39 is 27.7 Å². The van der Waals surface area contributed by atoms with Gasteiger partial charge in [-0.3, -0.25) is 8.78 Å². The van der Waals surface area contributed by atoms with Gasteiger partial charge >= 0.3 is 23.1 Å². The normalized spacial score (nSPS) is 8.69. The molecule has 0 N–H and O–H groups in total. The summed E-state index contributed by atoms with van der Waals surface area (Å²) in [6.45, 7) is 0. The first-order valence-electron chi connectivity index (χ1n) is 2.44. The van der Waals surface area contributed by atoms with E-state index in [0.717, 1.165) is 0 Å². The topological polar surface area (TPSA) is 0 Å². The van der Waals surface area contributed by atoms with E-state index in [1.807, 2.05) is 0 Å². The fourth-order valence-electron chi connectivity index (χ4n) is 0.495. The Morgan fingerprint density at radius 3 is 1.54 bits per heavy atom. The Hall–Kier alpha value is 0.666. The second-order valence-corrected chi connectivity index (χ2v) is 2.49. The quantitative estimate of drug-likeness (QED) is 0.196. The zero-order valence-electron chi connectivity index (χ0n) is 5.97. The molecule has 0 nitrogen and oxygen atoms in total. The molecule has 1 aromatic carbocycles. The van der Waals surface area contributed by atoms with Crippen molar-refractivity contribution in [3.63, 3.8) is 0 Å². The first-order valence-corrected chi connectivity index (χ1v) is 3.24. The average Bonchev–Trinajstić information content (AvgIpc) is 1.97. The van der Waals surface area contributed by atoms with E-state index in [1.54, 1.807) is 0 Å². The van der Waals surface area contributed by atoms with Gasteiger partial charge in [-0.1, -0.05) is 15.9 Å². The second kappa shape index (κ2) is 6.21.